The minimum absolute atomic E-state index is 0.914. The van der Waals surface area contributed by atoms with E-state index in [0.717, 1.165) is 27.8 Å². The van der Waals surface area contributed by atoms with Gasteiger partial charge in [0.2, 0.25) is 0 Å². The topological polar surface area (TPSA) is 0 Å². The fourth-order valence-corrected chi connectivity index (χ4v) is 2.49. The Hall–Kier alpha value is -2.44. The molecule has 0 aliphatic rings. The zero-order chi connectivity index (χ0) is 15.6. The Labute approximate surface area is 128 Å². The predicted molar refractivity (Wildman–Crippen MR) is 90.5 cm³/mol. The van der Waals surface area contributed by atoms with Crippen molar-refractivity contribution in [1.82, 2.24) is 0 Å². The van der Waals surface area contributed by atoms with Crippen molar-refractivity contribution in [3.05, 3.63) is 68.8 Å². The molecule has 2 aromatic rings. The maximum Gasteiger partial charge on any atom is 0.0308 e. The van der Waals surface area contributed by atoms with E-state index in [1.165, 1.54) is 16.7 Å². The van der Waals surface area contributed by atoms with Crippen molar-refractivity contribution >= 4 is 0 Å². The molecule has 0 amide bonds. The second kappa shape index (κ2) is 5.90. The van der Waals surface area contributed by atoms with Crippen LogP contribution in [0.1, 0.15) is 44.5 Å². The molecule has 0 heterocycles. The number of rotatable bonds is 0. The van der Waals surface area contributed by atoms with Gasteiger partial charge in [0.25, 0.3) is 0 Å². The zero-order valence-corrected chi connectivity index (χ0v) is 13.4. The lowest BCUT2D eigenvalue weighted by Crippen LogP contribution is -1.91. The summed E-state index contributed by atoms with van der Waals surface area (Å²) in [6, 6.07) is 8.33. The van der Waals surface area contributed by atoms with Crippen LogP contribution in [0, 0.1) is 58.8 Å². The summed E-state index contributed by atoms with van der Waals surface area (Å²) in [6.45, 7) is 10.5. The average Bonchev–Trinajstić information content (AvgIpc) is 2.43. The third-order valence-corrected chi connectivity index (χ3v) is 3.96. The maximum atomic E-state index is 5.46. The van der Waals surface area contributed by atoms with Gasteiger partial charge in [-0.1, -0.05) is 17.8 Å². The summed E-state index contributed by atoms with van der Waals surface area (Å²) in [6.07, 6.45) is 5.46. The Kier molecular flexibility index (Phi) is 4.21. The van der Waals surface area contributed by atoms with E-state index in [1.807, 2.05) is 12.1 Å². The standard InChI is InChI=1S/C21H20/c1-7-19-12-16(4)21(17(5)13-19)9-8-20-10-14(2)18(6)15(3)11-20/h1,10-13H,2-6H3. The highest BCUT2D eigenvalue weighted by Crippen LogP contribution is 2.17. The van der Waals surface area contributed by atoms with Gasteiger partial charge in [-0.3, -0.25) is 0 Å². The molecule has 0 heteroatoms. The Morgan fingerprint density at radius 2 is 1.14 bits per heavy atom. The Morgan fingerprint density at radius 3 is 1.62 bits per heavy atom. The van der Waals surface area contributed by atoms with Gasteiger partial charge in [-0.15, -0.1) is 6.42 Å². The first-order chi connectivity index (χ1) is 9.92. The summed E-state index contributed by atoms with van der Waals surface area (Å²) in [5.41, 5.74) is 9.24. The second-order valence-corrected chi connectivity index (χ2v) is 5.61. The predicted octanol–water partition coefficient (Wildman–Crippen LogP) is 4.61. The van der Waals surface area contributed by atoms with Crippen molar-refractivity contribution in [3.8, 4) is 24.2 Å². The molecule has 21 heavy (non-hydrogen) atoms. The maximum absolute atomic E-state index is 5.46. The molecular weight excluding hydrogens is 252 g/mol. The molecule has 104 valence electrons. The van der Waals surface area contributed by atoms with Crippen LogP contribution in [0.25, 0.3) is 0 Å². The summed E-state index contributed by atoms with van der Waals surface area (Å²) < 4.78 is 0. The largest absolute Gasteiger partial charge is 0.115 e. The molecule has 2 aromatic carbocycles. The second-order valence-electron chi connectivity index (χ2n) is 5.61. The van der Waals surface area contributed by atoms with Gasteiger partial charge in [-0.25, -0.2) is 0 Å². The highest BCUT2D eigenvalue weighted by Gasteiger charge is 2.02. The van der Waals surface area contributed by atoms with Crippen LogP contribution in [-0.4, -0.2) is 0 Å². The minimum Gasteiger partial charge on any atom is -0.115 e. The molecule has 0 atom stereocenters. The van der Waals surface area contributed by atoms with E-state index in [0.29, 0.717) is 0 Å². The number of terminal acetylenes is 1. The smallest absolute Gasteiger partial charge is 0.0308 e. The molecule has 0 nitrogen and oxygen atoms in total. The first-order valence-electron chi connectivity index (χ1n) is 7.10. The zero-order valence-electron chi connectivity index (χ0n) is 13.4. The van der Waals surface area contributed by atoms with Gasteiger partial charge in [-0.05, 0) is 86.7 Å². The van der Waals surface area contributed by atoms with Gasteiger partial charge in [0.15, 0.2) is 0 Å². The number of aryl methyl sites for hydroxylation is 4. The lowest BCUT2D eigenvalue weighted by molar-refractivity contribution is 1.26. The van der Waals surface area contributed by atoms with E-state index >= 15 is 0 Å². The molecule has 0 saturated carbocycles. The lowest BCUT2D eigenvalue weighted by atomic mass is 9.98. The third-order valence-electron chi connectivity index (χ3n) is 3.96. The lowest BCUT2D eigenvalue weighted by Gasteiger charge is -2.06. The van der Waals surface area contributed by atoms with Crippen LogP contribution < -0.4 is 0 Å². The van der Waals surface area contributed by atoms with Crippen molar-refractivity contribution in [3.63, 3.8) is 0 Å². The van der Waals surface area contributed by atoms with Crippen LogP contribution in [0.4, 0.5) is 0 Å². The molecule has 0 N–H and O–H groups in total. The van der Waals surface area contributed by atoms with Gasteiger partial charge in [-0.2, -0.15) is 0 Å². The van der Waals surface area contributed by atoms with Gasteiger partial charge in [0.05, 0.1) is 0 Å². The molecule has 0 unspecified atom stereocenters. The van der Waals surface area contributed by atoms with E-state index < -0.39 is 0 Å². The van der Waals surface area contributed by atoms with E-state index in [1.54, 1.807) is 0 Å². The van der Waals surface area contributed by atoms with E-state index in [4.69, 9.17) is 6.42 Å². The van der Waals surface area contributed by atoms with Crippen LogP contribution in [-0.2, 0) is 0 Å². The van der Waals surface area contributed by atoms with Crippen LogP contribution in [0.3, 0.4) is 0 Å². The molecule has 0 saturated heterocycles. The Morgan fingerprint density at radius 1 is 0.667 bits per heavy atom. The van der Waals surface area contributed by atoms with Crippen molar-refractivity contribution < 1.29 is 0 Å². The van der Waals surface area contributed by atoms with E-state index in [9.17, 15) is 0 Å². The molecule has 0 aromatic heterocycles. The van der Waals surface area contributed by atoms with Crippen molar-refractivity contribution in [2.75, 3.05) is 0 Å². The summed E-state index contributed by atoms with van der Waals surface area (Å²) in [4.78, 5) is 0. The molecule has 2 rings (SSSR count). The summed E-state index contributed by atoms with van der Waals surface area (Å²) in [7, 11) is 0. The van der Waals surface area contributed by atoms with E-state index in [-0.39, 0.29) is 0 Å². The van der Waals surface area contributed by atoms with Gasteiger partial charge in [0, 0.05) is 16.7 Å². The average molecular weight is 272 g/mol. The fourth-order valence-electron chi connectivity index (χ4n) is 2.49. The Bertz CT molecular complexity index is 756. The van der Waals surface area contributed by atoms with Crippen LogP contribution in [0.2, 0.25) is 0 Å². The van der Waals surface area contributed by atoms with E-state index in [2.05, 4.69) is 64.5 Å². The third kappa shape index (κ3) is 3.18. The number of benzene rings is 2. The van der Waals surface area contributed by atoms with Crippen LogP contribution >= 0.6 is 0 Å². The molecule has 0 spiro atoms. The highest BCUT2D eigenvalue weighted by molar-refractivity contribution is 5.54. The summed E-state index contributed by atoms with van der Waals surface area (Å²) >= 11 is 0. The van der Waals surface area contributed by atoms with Crippen molar-refractivity contribution in [2.45, 2.75) is 34.6 Å². The molecule has 0 radical (unpaired) electrons. The van der Waals surface area contributed by atoms with Crippen LogP contribution in [0.5, 0.6) is 0 Å². The first kappa shape index (κ1) is 15.0. The molecule has 0 bridgehead atoms. The van der Waals surface area contributed by atoms with Crippen LogP contribution in [0.15, 0.2) is 24.3 Å². The monoisotopic (exact) mass is 272 g/mol. The molecular formula is C21H20. The van der Waals surface area contributed by atoms with Gasteiger partial charge >= 0.3 is 0 Å². The SMILES string of the molecule is C#Cc1cc(C)c(C#Cc2cc(C)c(C)c(C)c2)c(C)c1. The van der Waals surface area contributed by atoms with Crippen molar-refractivity contribution in [1.29, 1.82) is 0 Å². The molecule has 0 aliphatic heterocycles. The summed E-state index contributed by atoms with van der Waals surface area (Å²) in [5, 5.41) is 0. The number of hydrogen-bond donors (Lipinski definition) is 0. The Balaban J connectivity index is 2.48. The van der Waals surface area contributed by atoms with Gasteiger partial charge in [0.1, 0.15) is 0 Å². The highest BCUT2D eigenvalue weighted by atomic mass is 14.1. The molecule has 0 aliphatic carbocycles. The minimum atomic E-state index is 0.914. The first-order valence-corrected chi connectivity index (χ1v) is 7.10. The van der Waals surface area contributed by atoms with Gasteiger partial charge < -0.3 is 0 Å². The van der Waals surface area contributed by atoms with Crippen molar-refractivity contribution in [2.24, 2.45) is 0 Å². The molecule has 0 fully saturated rings. The summed E-state index contributed by atoms with van der Waals surface area (Å²) in [5.74, 6) is 9.27. The quantitative estimate of drug-likeness (QED) is 0.614. The number of hydrogen-bond acceptors (Lipinski definition) is 0. The fraction of sp³-hybridized carbons (Fsp3) is 0.238. The normalized spacial score (nSPS) is 9.71.